The number of imidazole rings is 1. The summed E-state index contributed by atoms with van der Waals surface area (Å²) < 4.78 is 2.23. The normalized spacial score (nSPS) is 13.4. The lowest BCUT2D eigenvalue weighted by Crippen LogP contribution is -2.17. The Morgan fingerprint density at radius 2 is 2.11 bits per heavy atom. The van der Waals surface area contributed by atoms with Gasteiger partial charge in [-0.05, 0) is 18.4 Å². The fraction of sp³-hybridized carbons (Fsp3) is 0.571. The Balaban J connectivity index is 2.63. The van der Waals surface area contributed by atoms with E-state index in [2.05, 4.69) is 35.3 Å². The van der Waals surface area contributed by atoms with Crippen LogP contribution < -0.4 is 0 Å². The van der Waals surface area contributed by atoms with Crippen LogP contribution in [0, 0.1) is 5.92 Å². The molecular formula is C14H19Cl2N3. The summed E-state index contributed by atoms with van der Waals surface area (Å²) in [5.74, 6) is 2.08. The van der Waals surface area contributed by atoms with Crippen LogP contribution in [0.1, 0.15) is 39.1 Å². The van der Waals surface area contributed by atoms with Gasteiger partial charge in [0.1, 0.15) is 11.3 Å². The first kappa shape index (κ1) is 14.6. The van der Waals surface area contributed by atoms with E-state index in [1.807, 2.05) is 6.07 Å². The van der Waals surface area contributed by atoms with Gasteiger partial charge in [-0.15, -0.1) is 11.6 Å². The summed E-state index contributed by atoms with van der Waals surface area (Å²) in [7, 11) is 0. The van der Waals surface area contributed by atoms with Crippen LogP contribution in [0.2, 0.25) is 5.02 Å². The molecule has 2 aromatic heterocycles. The summed E-state index contributed by atoms with van der Waals surface area (Å²) in [6.07, 6.45) is 3.47. The van der Waals surface area contributed by atoms with Gasteiger partial charge >= 0.3 is 0 Å². The molecule has 0 radical (unpaired) electrons. The average molecular weight is 300 g/mol. The molecule has 0 N–H and O–H groups in total. The van der Waals surface area contributed by atoms with E-state index in [0.717, 1.165) is 29.8 Å². The molecule has 1 atom stereocenters. The van der Waals surface area contributed by atoms with E-state index in [1.165, 1.54) is 0 Å². The number of halogens is 2. The van der Waals surface area contributed by atoms with Crippen molar-refractivity contribution in [3.63, 3.8) is 0 Å². The van der Waals surface area contributed by atoms with Gasteiger partial charge in [0, 0.05) is 24.5 Å². The zero-order valence-electron chi connectivity index (χ0n) is 11.5. The highest BCUT2D eigenvalue weighted by atomic mass is 35.5. The molecule has 0 bridgehead atoms. The van der Waals surface area contributed by atoms with Crippen molar-refractivity contribution in [2.24, 2.45) is 5.92 Å². The van der Waals surface area contributed by atoms with E-state index in [-0.39, 0.29) is 0 Å². The molecule has 0 aromatic carbocycles. The molecular weight excluding hydrogens is 281 g/mol. The molecule has 0 aliphatic rings. The minimum atomic E-state index is 0.386. The van der Waals surface area contributed by atoms with Crippen LogP contribution in [0.25, 0.3) is 11.2 Å². The number of aryl methyl sites for hydroxylation is 1. The summed E-state index contributed by atoms with van der Waals surface area (Å²) in [5, 5.41) is 0.618. The molecule has 19 heavy (non-hydrogen) atoms. The molecule has 2 aromatic rings. The Labute approximate surface area is 123 Å². The van der Waals surface area contributed by atoms with Crippen LogP contribution in [-0.2, 0) is 6.42 Å². The highest BCUT2D eigenvalue weighted by Gasteiger charge is 2.21. The van der Waals surface area contributed by atoms with Gasteiger partial charge in [-0.25, -0.2) is 9.97 Å². The summed E-state index contributed by atoms with van der Waals surface area (Å²) >= 11 is 11.9. The Morgan fingerprint density at radius 3 is 2.68 bits per heavy atom. The third-order valence-electron chi connectivity index (χ3n) is 3.41. The zero-order valence-corrected chi connectivity index (χ0v) is 13.0. The first-order valence-electron chi connectivity index (χ1n) is 6.66. The fourth-order valence-corrected chi connectivity index (χ4v) is 2.89. The second-order valence-corrected chi connectivity index (χ2v) is 5.87. The van der Waals surface area contributed by atoms with Crippen molar-refractivity contribution in [3.05, 3.63) is 23.1 Å². The largest absolute Gasteiger partial charge is 0.309 e. The highest BCUT2D eigenvalue weighted by molar-refractivity contribution is 6.31. The van der Waals surface area contributed by atoms with Gasteiger partial charge in [0.05, 0.1) is 5.02 Å². The first-order valence-corrected chi connectivity index (χ1v) is 7.58. The van der Waals surface area contributed by atoms with Crippen LogP contribution in [0.15, 0.2) is 12.3 Å². The number of aromatic nitrogens is 3. The van der Waals surface area contributed by atoms with Crippen molar-refractivity contribution in [2.45, 2.75) is 39.7 Å². The summed E-state index contributed by atoms with van der Waals surface area (Å²) in [6, 6.07) is 2.25. The van der Waals surface area contributed by atoms with Gasteiger partial charge in [-0.2, -0.15) is 0 Å². The number of rotatable bonds is 5. The molecule has 1 unspecified atom stereocenters. The molecule has 3 nitrogen and oxygen atoms in total. The molecule has 0 saturated carbocycles. The third-order valence-corrected chi connectivity index (χ3v) is 3.80. The minimum absolute atomic E-state index is 0.386. The van der Waals surface area contributed by atoms with Crippen LogP contribution in [0.3, 0.4) is 0 Å². The molecule has 104 valence electrons. The quantitative estimate of drug-likeness (QED) is 0.763. The Hall–Kier alpha value is -0.800. The highest BCUT2D eigenvalue weighted by Crippen LogP contribution is 2.28. The van der Waals surface area contributed by atoms with E-state index < -0.39 is 0 Å². The number of fused-ring (bicyclic) bond motifs is 1. The molecule has 0 aliphatic heterocycles. The molecule has 2 rings (SSSR count). The second-order valence-electron chi connectivity index (χ2n) is 5.05. The minimum Gasteiger partial charge on any atom is -0.309 e. The number of nitrogens with zero attached hydrogens (tertiary/aromatic N) is 3. The van der Waals surface area contributed by atoms with Crippen molar-refractivity contribution in [1.29, 1.82) is 0 Å². The number of alkyl halides is 1. The first-order chi connectivity index (χ1) is 9.08. The van der Waals surface area contributed by atoms with Crippen molar-refractivity contribution >= 4 is 34.4 Å². The van der Waals surface area contributed by atoms with Crippen molar-refractivity contribution < 1.29 is 0 Å². The van der Waals surface area contributed by atoms with Gasteiger partial charge in [0.15, 0.2) is 5.65 Å². The third kappa shape index (κ3) is 2.87. The summed E-state index contributed by atoms with van der Waals surface area (Å²) in [4.78, 5) is 9.11. The topological polar surface area (TPSA) is 30.7 Å². The van der Waals surface area contributed by atoms with Gasteiger partial charge in [-0.3, -0.25) is 0 Å². The van der Waals surface area contributed by atoms with Crippen LogP contribution in [0.4, 0.5) is 0 Å². The van der Waals surface area contributed by atoms with Crippen LogP contribution in [0.5, 0.6) is 0 Å². The van der Waals surface area contributed by atoms with Crippen molar-refractivity contribution in [3.8, 4) is 0 Å². The average Bonchev–Trinajstić information content (AvgIpc) is 2.68. The molecule has 0 saturated heterocycles. The van der Waals surface area contributed by atoms with Crippen LogP contribution in [-0.4, -0.2) is 20.4 Å². The summed E-state index contributed by atoms with van der Waals surface area (Å²) in [6.45, 7) is 6.64. The number of pyridine rings is 1. The van der Waals surface area contributed by atoms with E-state index in [9.17, 15) is 0 Å². The SMILES string of the molecule is CCC(C(C)C)n1c(CCCl)nc2cc(Cl)cnc21. The Kier molecular flexibility index (Phi) is 4.69. The van der Waals surface area contributed by atoms with E-state index >= 15 is 0 Å². The monoisotopic (exact) mass is 299 g/mol. The molecule has 5 heteroatoms. The maximum absolute atomic E-state index is 6.00. The number of hydrogen-bond donors (Lipinski definition) is 0. The van der Waals surface area contributed by atoms with Crippen LogP contribution >= 0.6 is 23.2 Å². The smallest absolute Gasteiger partial charge is 0.160 e. The van der Waals surface area contributed by atoms with Gasteiger partial charge in [0.25, 0.3) is 0 Å². The van der Waals surface area contributed by atoms with E-state index in [1.54, 1.807) is 6.20 Å². The molecule has 0 aliphatic carbocycles. The van der Waals surface area contributed by atoms with Gasteiger partial charge < -0.3 is 4.57 Å². The zero-order chi connectivity index (χ0) is 14.0. The standard InChI is InChI=1S/C14H19Cl2N3/c1-4-12(9(2)3)19-13(5-6-15)18-11-7-10(16)8-17-14(11)19/h7-9,12H,4-6H2,1-3H3. The Morgan fingerprint density at radius 1 is 1.37 bits per heavy atom. The molecule has 0 fully saturated rings. The molecule has 0 amide bonds. The fourth-order valence-electron chi connectivity index (χ4n) is 2.57. The maximum atomic E-state index is 6.00. The lowest BCUT2D eigenvalue weighted by molar-refractivity contribution is 0.363. The lowest BCUT2D eigenvalue weighted by Gasteiger charge is -2.23. The van der Waals surface area contributed by atoms with E-state index in [4.69, 9.17) is 23.2 Å². The summed E-state index contributed by atoms with van der Waals surface area (Å²) in [5.41, 5.74) is 1.76. The second kappa shape index (κ2) is 6.10. The molecule has 0 spiro atoms. The lowest BCUT2D eigenvalue weighted by atomic mass is 10.0. The van der Waals surface area contributed by atoms with E-state index in [0.29, 0.717) is 22.9 Å². The predicted octanol–water partition coefficient (Wildman–Crippen LogP) is 4.47. The predicted molar refractivity (Wildman–Crippen MR) is 81.1 cm³/mol. The van der Waals surface area contributed by atoms with Gasteiger partial charge in [-0.1, -0.05) is 32.4 Å². The van der Waals surface area contributed by atoms with Crippen molar-refractivity contribution in [1.82, 2.24) is 14.5 Å². The van der Waals surface area contributed by atoms with Crippen molar-refractivity contribution in [2.75, 3.05) is 5.88 Å². The molecule has 2 heterocycles. The number of hydrogen-bond acceptors (Lipinski definition) is 2. The Bertz CT molecular complexity index is 563. The maximum Gasteiger partial charge on any atom is 0.160 e. The van der Waals surface area contributed by atoms with Gasteiger partial charge in [0.2, 0.25) is 0 Å².